The second-order valence-corrected chi connectivity index (χ2v) is 9.53. The molecular weight excluding hydrogens is 421 g/mol. The van der Waals surface area contributed by atoms with Crippen LogP contribution in [0.25, 0.3) is 5.65 Å². The lowest BCUT2D eigenvalue weighted by Gasteiger charge is -2.38. The summed E-state index contributed by atoms with van der Waals surface area (Å²) in [7, 11) is 0. The van der Waals surface area contributed by atoms with Gasteiger partial charge in [0.2, 0.25) is 5.91 Å². The molecule has 1 amide bonds. The Balaban J connectivity index is 1.38. The molecule has 4 heterocycles. The zero-order valence-corrected chi connectivity index (χ0v) is 20.0. The Hall–Kier alpha value is -2.45. The van der Waals surface area contributed by atoms with Crippen LogP contribution >= 0.6 is 0 Å². The highest BCUT2D eigenvalue weighted by Gasteiger charge is 2.27. The van der Waals surface area contributed by atoms with E-state index < -0.39 is 6.17 Å². The summed E-state index contributed by atoms with van der Waals surface area (Å²) < 4.78 is 22.2. The number of aromatic nitrogens is 2. The number of rotatable bonds is 7. The van der Waals surface area contributed by atoms with Crippen molar-refractivity contribution in [3.63, 3.8) is 0 Å². The van der Waals surface area contributed by atoms with Gasteiger partial charge >= 0.3 is 0 Å². The summed E-state index contributed by atoms with van der Waals surface area (Å²) in [6, 6.07) is 2.21. The maximum absolute atomic E-state index is 14.2. The normalized spacial score (nSPS) is 21.5. The molecule has 0 saturated carbocycles. The van der Waals surface area contributed by atoms with Gasteiger partial charge in [-0.05, 0) is 37.8 Å². The second-order valence-electron chi connectivity index (χ2n) is 9.53. The Morgan fingerprint density at radius 1 is 1.33 bits per heavy atom. The fraction of sp³-hybridized carbons (Fsp3) is 0.600. The first-order chi connectivity index (χ1) is 15.9. The van der Waals surface area contributed by atoms with E-state index in [4.69, 9.17) is 4.74 Å². The van der Waals surface area contributed by atoms with Gasteiger partial charge in [0.15, 0.2) is 5.65 Å². The molecular formula is C25H36FN5O2. The summed E-state index contributed by atoms with van der Waals surface area (Å²) in [5.41, 5.74) is 3.50. The topological polar surface area (TPSA) is 62.1 Å². The van der Waals surface area contributed by atoms with E-state index in [1.54, 1.807) is 6.92 Å². The van der Waals surface area contributed by atoms with E-state index in [0.29, 0.717) is 37.2 Å². The molecule has 0 aliphatic carbocycles. The number of morpholine rings is 1. The summed E-state index contributed by atoms with van der Waals surface area (Å²) >= 11 is 0. The van der Waals surface area contributed by atoms with Gasteiger partial charge in [0.25, 0.3) is 0 Å². The monoisotopic (exact) mass is 457 g/mol. The molecule has 0 radical (unpaired) electrons. The number of piperidine rings is 1. The Kier molecular flexibility index (Phi) is 7.34. The Morgan fingerprint density at radius 3 is 2.76 bits per heavy atom. The number of carbonyl (C=O) groups is 1. The summed E-state index contributed by atoms with van der Waals surface area (Å²) in [5.74, 6) is 0.280. The molecule has 33 heavy (non-hydrogen) atoms. The SMILES string of the molecule is C=CC(=O)N1CCO[C@@H](CN2CCC(Nc3cc(C(C)F)cn4c(C(C)C)cnc34)CC2)C1. The van der Waals surface area contributed by atoms with Crippen molar-refractivity contribution >= 4 is 17.2 Å². The molecule has 180 valence electrons. The summed E-state index contributed by atoms with van der Waals surface area (Å²) in [4.78, 5) is 20.8. The third-order valence-electron chi connectivity index (χ3n) is 6.74. The quantitative estimate of drug-likeness (QED) is 0.641. The number of carbonyl (C=O) groups excluding carboxylic acids is 1. The molecule has 2 aromatic rings. The van der Waals surface area contributed by atoms with Gasteiger partial charge in [-0.2, -0.15) is 0 Å². The van der Waals surface area contributed by atoms with Crippen molar-refractivity contribution in [1.82, 2.24) is 19.2 Å². The highest BCUT2D eigenvalue weighted by Crippen LogP contribution is 2.29. The molecule has 0 bridgehead atoms. The maximum Gasteiger partial charge on any atom is 0.246 e. The number of alkyl halides is 1. The fourth-order valence-electron chi connectivity index (χ4n) is 4.80. The van der Waals surface area contributed by atoms with Gasteiger partial charge in [0, 0.05) is 62.4 Å². The molecule has 2 saturated heterocycles. The van der Waals surface area contributed by atoms with Gasteiger partial charge < -0.3 is 24.3 Å². The molecule has 0 spiro atoms. The van der Waals surface area contributed by atoms with E-state index in [1.807, 2.05) is 27.8 Å². The van der Waals surface area contributed by atoms with Crippen LogP contribution in [0, 0.1) is 0 Å². The van der Waals surface area contributed by atoms with E-state index in [1.165, 1.54) is 6.08 Å². The number of pyridine rings is 1. The number of fused-ring (bicyclic) bond motifs is 1. The predicted octanol–water partition coefficient (Wildman–Crippen LogP) is 3.78. The van der Waals surface area contributed by atoms with Crippen molar-refractivity contribution < 1.29 is 13.9 Å². The number of anilines is 1. The van der Waals surface area contributed by atoms with Crippen molar-refractivity contribution in [3.8, 4) is 0 Å². The molecule has 1 unspecified atom stereocenters. The number of likely N-dealkylation sites (tertiary alicyclic amines) is 1. The number of nitrogens with one attached hydrogen (secondary N) is 1. The maximum atomic E-state index is 14.2. The first-order valence-corrected chi connectivity index (χ1v) is 12.0. The van der Waals surface area contributed by atoms with Crippen molar-refractivity contribution in [2.45, 2.75) is 57.8 Å². The lowest BCUT2D eigenvalue weighted by molar-refractivity contribution is -0.134. The van der Waals surface area contributed by atoms with E-state index in [2.05, 4.69) is 35.6 Å². The first kappa shape index (κ1) is 23.7. The van der Waals surface area contributed by atoms with Crippen LogP contribution in [0.15, 0.2) is 31.1 Å². The second kappa shape index (κ2) is 10.2. The largest absolute Gasteiger partial charge is 0.379 e. The number of imidazole rings is 1. The minimum Gasteiger partial charge on any atom is -0.379 e. The Bertz CT molecular complexity index is 981. The minimum atomic E-state index is -1.04. The van der Waals surface area contributed by atoms with Crippen LogP contribution in [-0.2, 0) is 9.53 Å². The summed E-state index contributed by atoms with van der Waals surface area (Å²) in [6.45, 7) is 14.0. The van der Waals surface area contributed by atoms with E-state index in [-0.39, 0.29) is 12.0 Å². The molecule has 2 atom stereocenters. The fourth-order valence-corrected chi connectivity index (χ4v) is 4.80. The van der Waals surface area contributed by atoms with E-state index in [0.717, 1.165) is 49.5 Å². The molecule has 2 aliphatic heterocycles. The highest BCUT2D eigenvalue weighted by molar-refractivity contribution is 5.87. The van der Waals surface area contributed by atoms with Crippen molar-refractivity contribution in [2.75, 3.05) is 44.6 Å². The van der Waals surface area contributed by atoms with Crippen LogP contribution in [0.2, 0.25) is 0 Å². The molecule has 8 heteroatoms. The van der Waals surface area contributed by atoms with Crippen LogP contribution in [0.3, 0.4) is 0 Å². The number of amides is 1. The van der Waals surface area contributed by atoms with Gasteiger partial charge in [-0.3, -0.25) is 4.79 Å². The van der Waals surface area contributed by atoms with Crippen LogP contribution in [-0.4, -0.2) is 76.6 Å². The Labute approximate surface area is 195 Å². The molecule has 2 aliphatic rings. The molecule has 7 nitrogen and oxygen atoms in total. The number of hydrogen-bond donors (Lipinski definition) is 1. The van der Waals surface area contributed by atoms with Crippen LogP contribution in [0.5, 0.6) is 0 Å². The Morgan fingerprint density at radius 2 is 2.09 bits per heavy atom. The standard InChI is InChI=1S/C25H36FN5O2/c1-5-24(32)30-10-11-33-21(16-30)15-29-8-6-20(7-9-29)28-22-12-19(18(4)26)14-31-23(17(2)3)13-27-25(22)31/h5,12-14,17-18,20-21,28H,1,6-11,15-16H2,2-4H3/t18?,21-/m0/s1. The predicted molar refractivity (Wildman–Crippen MR) is 128 cm³/mol. The van der Waals surface area contributed by atoms with E-state index in [9.17, 15) is 9.18 Å². The number of nitrogens with zero attached hydrogens (tertiary/aromatic N) is 4. The molecule has 1 N–H and O–H groups in total. The summed E-state index contributed by atoms with van der Waals surface area (Å²) in [6.07, 6.45) is 6.12. The highest BCUT2D eigenvalue weighted by atomic mass is 19.1. The molecule has 4 rings (SSSR count). The number of ether oxygens (including phenoxy) is 1. The summed E-state index contributed by atoms with van der Waals surface area (Å²) in [5, 5.41) is 3.65. The van der Waals surface area contributed by atoms with Crippen molar-refractivity contribution in [1.29, 1.82) is 0 Å². The molecule has 2 fully saturated rings. The van der Waals surface area contributed by atoms with E-state index >= 15 is 0 Å². The average Bonchev–Trinajstić information content (AvgIpc) is 3.25. The zero-order valence-electron chi connectivity index (χ0n) is 20.0. The van der Waals surface area contributed by atoms with Gasteiger partial charge in [0.1, 0.15) is 6.17 Å². The first-order valence-electron chi connectivity index (χ1n) is 12.0. The smallest absolute Gasteiger partial charge is 0.246 e. The third-order valence-corrected chi connectivity index (χ3v) is 6.74. The molecule has 0 aromatic carbocycles. The lowest BCUT2D eigenvalue weighted by Crippen LogP contribution is -2.51. The number of halogens is 1. The number of hydrogen-bond acceptors (Lipinski definition) is 5. The van der Waals surface area contributed by atoms with Gasteiger partial charge in [-0.25, -0.2) is 9.37 Å². The van der Waals surface area contributed by atoms with Crippen LogP contribution in [0.1, 0.15) is 57.0 Å². The van der Waals surface area contributed by atoms with Gasteiger partial charge in [-0.15, -0.1) is 0 Å². The van der Waals surface area contributed by atoms with Crippen LogP contribution in [0.4, 0.5) is 10.1 Å². The lowest BCUT2D eigenvalue weighted by atomic mass is 10.0. The average molecular weight is 458 g/mol. The van der Waals surface area contributed by atoms with Crippen molar-refractivity contribution in [2.24, 2.45) is 0 Å². The van der Waals surface area contributed by atoms with Gasteiger partial charge in [-0.1, -0.05) is 20.4 Å². The molecule has 2 aromatic heterocycles. The minimum absolute atomic E-state index is 0.0260. The third kappa shape index (κ3) is 5.38. The van der Waals surface area contributed by atoms with Crippen molar-refractivity contribution in [3.05, 3.63) is 42.4 Å². The van der Waals surface area contributed by atoms with Gasteiger partial charge in [0.05, 0.1) is 18.4 Å². The van der Waals surface area contributed by atoms with Crippen LogP contribution < -0.4 is 5.32 Å². The zero-order chi connectivity index (χ0) is 23.5.